The molecule has 0 aliphatic carbocycles. The minimum absolute atomic E-state index is 0.0991. The quantitative estimate of drug-likeness (QED) is 0.715. The van der Waals surface area contributed by atoms with Crippen LogP contribution in [0.1, 0.15) is 19.4 Å². The van der Waals surface area contributed by atoms with Crippen LogP contribution in [0, 0.1) is 5.82 Å². The Bertz CT molecular complexity index is 995. The number of imide groups is 1. The van der Waals surface area contributed by atoms with Gasteiger partial charge in [0.1, 0.15) is 11.5 Å². The molecule has 1 saturated heterocycles. The van der Waals surface area contributed by atoms with Crippen LogP contribution in [0.25, 0.3) is 5.57 Å². The van der Waals surface area contributed by atoms with Crippen LogP contribution in [0.5, 0.6) is 0 Å². The van der Waals surface area contributed by atoms with Crippen LogP contribution in [0.15, 0.2) is 54.2 Å². The molecule has 2 aromatic carbocycles. The van der Waals surface area contributed by atoms with Crippen LogP contribution in [0.2, 0.25) is 5.02 Å². The van der Waals surface area contributed by atoms with Crippen molar-refractivity contribution in [3.8, 4) is 0 Å². The predicted molar refractivity (Wildman–Crippen MR) is 109 cm³/mol. The first-order chi connectivity index (χ1) is 13.9. The van der Waals surface area contributed by atoms with Crippen molar-refractivity contribution in [2.75, 3.05) is 18.0 Å². The Morgan fingerprint density at radius 1 is 0.966 bits per heavy atom. The maximum atomic E-state index is 13.5. The van der Waals surface area contributed by atoms with Gasteiger partial charge in [0.2, 0.25) is 0 Å². The highest BCUT2D eigenvalue weighted by molar-refractivity contribution is 6.47. The number of benzene rings is 2. The SMILES string of the molecule is CC1CN(C2=C(c3ccc(F)cc3)C(=O)N(c3ccccc3Cl)C2=O)CC(C)O1. The van der Waals surface area contributed by atoms with Gasteiger partial charge < -0.3 is 9.64 Å². The number of halogens is 2. The van der Waals surface area contributed by atoms with Crippen molar-refractivity contribution >= 4 is 34.7 Å². The summed E-state index contributed by atoms with van der Waals surface area (Å²) in [5.41, 5.74) is 1.36. The largest absolute Gasteiger partial charge is 0.372 e. The molecule has 2 aliphatic rings. The van der Waals surface area contributed by atoms with Crippen molar-refractivity contribution in [3.05, 3.63) is 70.6 Å². The van der Waals surface area contributed by atoms with Gasteiger partial charge in [-0.3, -0.25) is 9.59 Å². The van der Waals surface area contributed by atoms with Gasteiger partial charge in [0, 0.05) is 13.1 Å². The number of para-hydroxylation sites is 1. The van der Waals surface area contributed by atoms with E-state index in [0.717, 1.165) is 4.90 Å². The van der Waals surface area contributed by atoms with E-state index in [1.54, 1.807) is 24.3 Å². The van der Waals surface area contributed by atoms with E-state index in [1.807, 2.05) is 18.7 Å². The fourth-order valence-corrected chi connectivity index (χ4v) is 4.12. The molecule has 0 bridgehead atoms. The normalized spacial score (nSPS) is 22.6. The Morgan fingerprint density at radius 3 is 2.21 bits per heavy atom. The Morgan fingerprint density at radius 2 is 1.59 bits per heavy atom. The van der Waals surface area contributed by atoms with E-state index in [9.17, 15) is 14.0 Å². The van der Waals surface area contributed by atoms with Crippen LogP contribution >= 0.6 is 11.6 Å². The van der Waals surface area contributed by atoms with Crippen LogP contribution in [0.3, 0.4) is 0 Å². The van der Waals surface area contributed by atoms with E-state index in [0.29, 0.717) is 35.1 Å². The maximum absolute atomic E-state index is 13.5. The molecule has 2 aromatic rings. The second-order valence-corrected chi connectivity index (χ2v) is 7.70. The Kier molecular flexibility index (Phi) is 5.15. The fraction of sp³-hybridized carbons (Fsp3) is 0.273. The highest BCUT2D eigenvalue weighted by Crippen LogP contribution is 2.38. The number of rotatable bonds is 3. The average Bonchev–Trinajstić information content (AvgIpc) is 2.93. The van der Waals surface area contributed by atoms with Crippen molar-refractivity contribution in [1.82, 2.24) is 4.90 Å². The Labute approximate surface area is 173 Å². The molecule has 0 N–H and O–H groups in total. The molecule has 4 rings (SSSR count). The standard InChI is InChI=1S/C22H20ClFN2O3/c1-13-11-25(12-14(2)29-13)20-19(15-7-9-16(24)10-8-15)21(27)26(22(20)28)18-6-4-3-5-17(18)23/h3-10,13-14H,11-12H2,1-2H3. The number of nitrogens with zero attached hydrogens (tertiary/aromatic N) is 2. The highest BCUT2D eigenvalue weighted by Gasteiger charge is 2.44. The van der Waals surface area contributed by atoms with Crippen LogP contribution < -0.4 is 4.90 Å². The number of hydrogen-bond donors (Lipinski definition) is 0. The molecule has 7 heteroatoms. The summed E-state index contributed by atoms with van der Waals surface area (Å²) in [7, 11) is 0. The monoisotopic (exact) mass is 414 g/mol. The summed E-state index contributed by atoms with van der Waals surface area (Å²) in [4.78, 5) is 29.9. The summed E-state index contributed by atoms with van der Waals surface area (Å²) in [6.07, 6.45) is -0.198. The highest BCUT2D eigenvalue weighted by atomic mass is 35.5. The zero-order valence-electron chi connectivity index (χ0n) is 16.1. The van der Waals surface area contributed by atoms with Crippen molar-refractivity contribution in [1.29, 1.82) is 0 Å². The molecular formula is C22H20ClFN2O3. The van der Waals surface area contributed by atoms with Gasteiger partial charge in [0.25, 0.3) is 11.8 Å². The number of anilines is 1. The second-order valence-electron chi connectivity index (χ2n) is 7.29. The first-order valence-electron chi connectivity index (χ1n) is 9.40. The van der Waals surface area contributed by atoms with Crippen molar-refractivity contribution in [3.63, 3.8) is 0 Å². The van der Waals surface area contributed by atoms with Crippen molar-refractivity contribution < 1.29 is 18.7 Å². The number of carbonyl (C=O) groups is 2. The fourth-order valence-electron chi connectivity index (χ4n) is 3.90. The zero-order chi connectivity index (χ0) is 20.7. The van der Waals surface area contributed by atoms with Gasteiger partial charge in [0.15, 0.2) is 0 Å². The van der Waals surface area contributed by atoms with Gasteiger partial charge in [-0.2, -0.15) is 0 Å². The van der Waals surface area contributed by atoms with E-state index in [-0.39, 0.29) is 17.8 Å². The van der Waals surface area contributed by atoms with Crippen molar-refractivity contribution in [2.45, 2.75) is 26.1 Å². The number of ether oxygens (including phenoxy) is 1. The first-order valence-corrected chi connectivity index (χ1v) is 9.78. The molecule has 0 radical (unpaired) electrons. The van der Waals surface area contributed by atoms with Crippen LogP contribution in [-0.4, -0.2) is 42.0 Å². The van der Waals surface area contributed by atoms with Gasteiger partial charge in [-0.1, -0.05) is 35.9 Å². The minimum Gasteiger partial charge on any atom is -0.372 e. The summed E-state index contributed by atoms with van der Waals surface area (Å²) in [6.45, 7) is 4.79. The molecule has 2 heterocycles. The van der Waals surface area contributed by atoms with Gasteiger partial charge in [0.05, 0.1) is 28.5 Å². The molecule has 150 valence electrons. The third-order valence-electron chi connectivity index (χ3n) is 5.02. The third-order valence-corrected chi connectivity index (χ3v) is 5.34. The molecule has 5 nitrogen and oxygen atoms in total. The van der Waals surface area contributed by atoms with Gasteiger partial charge >= 0.3 is 0 Å². The molecular weight excluding hydrogens is 395 g/mol. The molecule has 29 heavy (non-hydrogen) atoms. The summed E-state index contributed by atoms with van der Waals surface area (Å²) in [5, 5.41) is 0.303. The lowest BCUT2D eigenvalue weighted by Crippen LogP contribution is -2.47. The van der Waals surface area contributed by atoms with E-state index in [1.165, 1.54) is 24.3 Å². The van der Waals surface area contributed by atoms with Gasteiger partial charge in [-0.25, -0.2) is 9.29 Å². The Hall–Kier alpha value is -2.70. The zero-order valence-corrected chi connectivity index (χ0v) is 16.8. The molecule has 0 spiro atoms. The molecule has 0 saturated carbocycles. The molecule has 1 fully saturated rings. The van der Waals surface area contributed by atoms with E-state index in [4.69, 9.17) is 16.3 Å². The number of amides is 2. The third kappa shape index (κ3) is 3.54. The maximum Gasteiger partial charge on any atom is 0.282 e. The molecule has 2 unspecified atom stereocenters. The molecule has 2 aliphatic heterocycles. The summed E-state index contributed by atoms with van der Waals surface area (Å²) >= 11 is 6.28. The number of morpholine rings is 1. The minimum atomic E-state index is -0.475. The Balaban J connectivity index is 1.85. The lowest BCUT2D eigenvalue weighted by Gasteiger charge is -2.37. The second kappa shape index (κ2) is 7.61. The van der Waals surface area contributed by atoms with E-state index < -0.39 is 17.6 Å². The summed E-state index contributed by atoms with van der Waals surface area (Å²) in [6, 6.07) is 12.3. The topological polar surface area (TPSA) is 49.9 Å². The van der Waals surface area contributed by atoms with Crippen molar-refractivity contribution in [2.24, 2.45) is 0 Å². The lowest BCUT2D eigenvalue weighted by atomic mass is 10.0. The molecule has 0 aromatic heterocycles. The van der Waals surface area contributed by atoms with Gasteiger partial charge in [-0.05, 0) is 43.7 Å². The smallest absolute Gasteiger partial charge is 0.282 e. The first kappa shape index (κ1) is 19.6. The average molecular weight is 415 g/mol. The number of hydrogen-bond acceptors (Lipinski definition) is 4. The lowest BCUT2D eigenvalue weighted by molar-refractivity contribution is -0.121. The molecule has 2 atom stereocenters. The summed E-state index contributed by atoms with van der Waals surface area (Å²) < 4.78 is 19.3. The summed E-state index contributed by atoms with van der Waals surface area (Å²) in [5.74, 6) is -1.33. The van der Waals surface area contributed by atoms with Crippen LogP contribution in [0.4, 0.5) is 10.1 Å². The van der Waals surface area contributed by atoms with E-state index in [2.05, 4.69) is 0 Å². The molecule has 2 amide bonds. The van der Waals surface area contributed by atoms with Gasteiger partial charge in [-0.15, -0.1) is 0 Å². The van der Waals surface area contributed by atoms with E-state index >= 15 is 0 Å². The predicted octanol–water partition coefficient (Wildman–Crippen LogP) is 3.87. The van der Waals surface area contributed by atoms with Crippen LogP contribution in [-0.2, 0) is 14.3 Å². The number of carbonyl (C=O) groups excluding carboxylic acids is 2.